The quantitative estimate of drug-likeness (QED) is 0.947. The van der Waals surface area contributed by atoms with E-state index in [4.69, 9.17) is 0 Å². The highest BCUT2D eigenvalue weighted by Crippen LogP contribution is 2.32. The van der Waals surface area contributed by atoms with Crippen molar-refractivity contribution in [3.63, 3.8) is 0 Å². The van der Waals surface area contributed by atoms with Crippen LogP contribution in [0.1, 0.15) is 59.5 Å². The molecule has 6 nitrogen and oxygen atoms in total. The summed E-state index contributed by atoms with van der Waals surface area (Å²) in [7, 11) is 0. The standard InChI is InChI=1S/C16H23N5O/c1-4-20-10-13(12(3)19-20)16(22)21-8-6-5-7-14(21)15-11(2)9-17-18-15/h9-10,14H,4-8H2,1-3H3,(H,17,18). The third-order valence-electron chi connectivity index (χ3n) is 4.47. The molecule has 1 fully saturated rings. The number of H-pyrrole nitrogens is 1. The first kappa shape index (κ1) is 14.8. The van der Waals surface area contributed by atoms with E-state index in [0.29, 0.717) is 5.56 Å². The van der Waals surface area contributed by atoms with Gasteiger partial charge < -0.3 is 4.90 Å². The lowest BCUT2D eigenvalue weighted by Crippen LogP contribution is -2.39. The van der Waals surface area contributed by atoms with Gasteiger partial charge in [0.15, 0.2) is 0 Å². The number of piperidine rings is 1. The Kier molecular flexibility index (Phi) is 4.00. The SMILES string of the molecule is CCn1cc(C(=O)N2CCCCC2c2[nH]ncc2C)c(C)n1. The predicted molar refractivity (Wildman–Crippen MR) is 83.6 cm³/mol. The second-order valence-electron chi connectivity index (χ2n) is 5.96. The van der Waals surface area contributed by atoms with Crippen LogP contribution < -0.4 is 0 Å². The van der Waals surface area contributed by atoms with E-state index in [1.807, 2.05) is 42.7 Å². The van der Waals surface area contributed by atoms with Gasteiger partial charge in [-0.2, -0.15) is 10.2 Å². The zero-order valence-corrected chi connectivity index (χ0v) is 13.5. The van der Waals surface area contributed by atoms with Gasteiger partial charge in [0.1, 0.15) is 0 Å². The van der Waals surface area contributed by atoms with Crippen molar-refractivity contribution in [2.45, 2.75) is 52.6 Å². The molecule has 2 aromatic heterocycles. The van der Waals surface area contributed by atoms with Crippen LogP contribution in [-0.4, -0.2) is 37.3 Å². The molecule has 118 valence electrons. The highest BCUT2D eigenvalue weighted by molar-refractivity contribution is 5.95. The zero-order chi connectivity index (χ0) is 15.7. The number of nitrogens with zero attached hydrogens (tertiary/aromatic N) is 4. The molecule has 0 spiro atoms. The highest BCUT2D eigenvalue weighted by Gasteiger charge is 2.31. The maximum Gasteiger partial charge on any atom is 0.257 e. The van der Waals surface area contributed by atoms with Crippen LogP contribution in [0.2, 0.25) is 0 Å². The Hall–Kier alpha value is -2.11. The Balaban J connectivity index is 1.91. The molecule has 3 heterocycles. The summed E-state index contributed by atoms with van der Waals surface area (Å²) in [6.45, 7) is 7.53. The molecule has 1 aliphatic rings. The van der Waals surface area contributed by atoms with Crippen LogP contribution in [0.4, 0.5) is 0 Å². The lowest BCUT2D eigenvalue weighted by molar-refractivity contribution is 0.0604. The number of carbonyl (C=O) groups excluding carboxylic acids is 1. The predicted octanol–water partition coefficient (Wildman–Crippen LogP) is 2.61. The number of aromatic nitrogens is 4. The van der Waals surface area contributed by atoms with Crippen LogP contribution in [0.15, 0.2) is 12.4 Å². The lowest BCUT2D eigenvalue weighted by Gasteiger charge is -2.35. The summed E-state index contributed by atoms with van der Waals surface area (Å²) in [5.74, 6) is 0.0795. The summed E-state index contributed by atoms with van der Waals surface area (Å²) in [6.07, 6.45) is 6.86. The molecule has 0 bridgehead atoms. The van der Waals surface area contributed by atoms with E-state index in [2.05, 4.69) is 15.3 Å². The van der Waals surface area contributed by atoms with Crippen molar-refractivity contribution in [3.8, 4) is 0 Å². The van der Waals surface area contributed by atoms with E-state index >= 15 is 0 Å². The van der Waals surface area contributed by atoms with Crippen LogP contribution >= 0.6 is 0 Å². The molecule has 6 heteroatoms. The number of aryl methyl sites for hydroxylation is 3. The van der Waals surface area contributed by atoms with Gasteiger partial charge in [0.2, 0.25) is 0 Å². The van der Waals surface area contributed by atoms with E-state index in [1.54, 1.807) is 0 Å². The summed E-state index contributed by atoms with van der Waals surface area (Å²) >= 11 is 0. The van der Waals surface area contributed by atoms with Crippen molar-refractivity contribution in [2.75, 3.05) is 6.54 Å². The van der Waals surface area contributed by atoms with Crippen molar-refractivity contribution >= 4 is 5.91 Å². The number of amides is 1. The molecule has 1 amide bonds. The Morgan fingerprint density at radius 2 is 2.23 bits per heavy atom. The van der Waals surface area contributed by atoms with Crippen LogP contribution in [0.25, 0.3) is 0 Å². The first-order valence-electron chi connectivity index (χ1n) is 7.96. The summed E-state index contributed by atoms with van der Waals surface area (Å²) in [5, 5.41) is 11.6. The molecule has 0 aliphatic carbocycles. The van der Waals surface area contributed by atoms with Crippen LogP contribution in [-0.2, 0) is 6.54 Å². The minimum absolute atomic E-state index is 0.0795. The molecule has 22 heavy (non-hydrogen) atoms. The van der Waals surface area contributed by atoms with E-state index < -0.39 is 0 Å². The zero-order valence-electron chi connectivity index (χ0n) is 13.5. The summed E-state index contributed by atoms with van der Waals surface area (Å²) < 4.78 is 1.82. The van der Waals surface area contributed by atoms with Gasteiger partial charge in [-0.3, -0.25) is 14.6 Å². The third-order valence-corrected chi connectivity index (χ3v) is 4.47. The molecular weight excluding hydrogens is 278 g/mol. The average Bonchev–Trinajstić information content (AvgIpc) is 3.12. The van der Waals surface area contributed by atoms with Crippen LogP contribution in [0.3, 0.4) is 0 Å². The molecule has 1 saturated heterocycles. The first-order chi connectivity index (χ1) is 10.6. The van der Waals surface area contributed by atoms with E-state index in [0.717, 1.165) is 49.3 Å². The third kappa shape index (κ3) is 2.53. The maximum atomic E-state index is 13.0. The molecule has 0 saturated carbocycles. The van der Waals surface area contributed by atoms with Gasteiger partial charge in [-0.25, -0.2) is 0 Å². The van der Waals surface area contributed by atoms with Crippen molar-refractivity contribution in [1.82, 2.24) is 24.9 Å². The fraction of sp³-hybridized carbons (Fsp3) is 0.562. The number of carbonyl (C=O) groups is 1. The highest BCUT2D eigenvalue weighted by atomic mass is 16.2. The minimum atomic E-state index is 0.0795. The van der Waals surface area contributed by atoms with Crippen molar-refractivity contribution in [1.29, 1.82) is 0 Å². The molecule has 3 rings (SSSR count). The molecule has 2 aromatic rings. The van der Waals surface area contributed by atoms with Gasteiger partial charge in [-0.1, -0.05) is 0 Å². The van der Waals surface area contributed by atoms with Gasteiger partial charge in [0, 0.05) is 19.3 Å². The average molecular weight is 301 g/mol. The van der Waals surface area contributed by atoms with Crippen molar-refractivity contribution in [3.05, 3.63) is 34.9 Å². The summed E-state index contributed by atoms with van der Waals surface area (Å²) in [5.41, 5.74) is 3.70. The number of hydrogen-bond acceptors (Lipinski definition) is 3. The topological polar surface area (TPSA) is 66.8 Å². The molecule has 1 aliphatic heterocycles. The Bertz CT molecular complexity index is 672. The Morgan fingerprint density at radius 3 is 2.86 bits per heavy atom. The molecule has 1 atom stereocenters. The number of likely N-dealkylation sites (tertiary alicyclic amines) is 1. The fourth-order valence-electron chi connectivity index (χ4n) is 3.21. The molecule has 0 radical (unpaired) electrons. The molecule has 1 N–H and O–H groups in total. The number of nitrogens with one attached hydrogen (secondary N) is 1. The minimum Gasteiger partial charge on any atom is -0.330 e. The van der Waals surface area contributed by atoms with E-state index in [9.17, 15) is 4.79 Å². The molecular formula is C16H23N5O. The van der Waals surface area contributed by atoms with Gasteiger partial charge in [0.05, 0.1) is 29.2 Å². The molecule has 1 unspecified atom stereocenters. The summed E-state index contributed by atoms with van der Waals surface area (Å²) in [6, 6.07) is 0.0909. The lowest BCUT2D eigenvalue weighted by atomic mass is 9.96. The second kappa shape index (κ2) is 5.94. The Morgan fingerprint density at radius 1 is 1.41 bits per heavy atom. The fourth-order valence-corrected chi connectivity index (χ4v) is 3.21. The number of rotatable bonds is 3. The summed E-state index contributed by atoms with van der Waals surface area (Å²) in [4.78, 5) is 15.0. The van der Waals surface area contributed by atoms with Crippen molar-refractivity contribution < 1.29 is 4.79 Å². The van der Waals surface area contributed by atoms with Crippen molar-refractivity contribution in [2.24, 2.45) is 0 Å². The smallest absolute Gasteiger partial charge is 0.257 e. The molecule has 0 aromatic carbocycles. The van der Waals surface area contributed by atoms with Crippen LogP contribution in [0.5, 0.6) is 0 Å². The first-order valence-corrected chi connectivity index (χ1v) is 7.96. The van der Waals surface area contributed by atoms with Gasteiger partial charge in [-0.15, -0.1) is 0 Å². The van der Waals surface area contributed by atoms with Crippen LogP contribution in [0, 0.1) is 13.8 Å². The maximum absolute atomic E-state index is 13.0. The van der Waals surface area contributed by atoms with Gasteiger partial charge in [0.25, 0.3) is 5.91 Å². The second-order valence-corrected chi connectivity index (χ2v) is 5.96. The van der Waals surface area contributed by atoms with Gasteiger partial charge in [-0.05, 0) is 45.6 Å². The van der Waals surface area contributed by atoms with E-state index in [-0.39, 0.29) is 11.9 Å². The normalized spacial score (nSPS) is 18.7. The largest absolute Gasteiger partial charge is 0.330 e. The Labute approximate surface area is 130 Å². The van der Waals surface area contributed by atoms with Gasteiger partial charge >= 0.3 is 0 Å². The number of hydrogen-bond donors (Lipinski definition) is 1. The monoisotopic (exact) mass is 301 g/mol. The van der Waals surface area contributed by atoms with E-state index in [1.165, 1.54) is 0 Å². The number of aromatic amines is 1.